The van der Waals surface area contributed by atoms with Crippen molar-refractivity contribution >= 4 is 0 Å². The molecule has 5 nitrogen and oxygen atoms in total. The summed E-state index contributed by atoms with van der Waals surface area (Å²) in [6.07, 6.45) is 7.89. The molecule has 2 N–H and O–H groups in total. The highest BCUT2D eigenvalue weighted by Crippen LogP contribution is 2.29. The number of hydrogen-bond donors (Lipinski definition) is 2. The van der Waals surface area contributed by atoms with Crippen molar-refractivity contribution in [1.82, 2.24) is 14.9 Å². The second kappa shape index (κ2) is 7.62. The molecular formula is C21H27N3O2. The molecule has 1 heterocycles. The molecule has 1 aromatic carbocycles. The number of rotatable bonds is 5. The Bertz CT molecular complexity index is 863. The molecule has 1 aromatic heterocycles. The van der Waals surface area contributed by atoms with Crippen molar-refractivity contribution in [2.75, 3.05) is 6.54 Å². The molecule has 138 valence electrons. The quantitative estimate of drug-likeness (QED) is 0.869. The van der Waals surface area contributed by atoms with E-state index in [0.29, 0.717) is 0 Å². The van der Waals surface area contributed by atoms with Gasteiger partial charge in [0, 0.05) is 23.3 Å². The number of aromatic amines is 1. The van der Waals surface area contributed by atoms with E-state index in [2.05, 4.69) is 22.4 Å². The summed E-state index contributed by atoms with van der Waals surface area (Å²) in [5, 5.41) is 3.52. The third kappa shape index (κ3) is 3.40. The average molecular weight is 353 g/mol. The van der Waals surface area contributed by atoms with E-state index in [1.807, 2.05) is 18.2 Å². The van der Waals surface area contributed by atoms with Gasteiger partial charge < -0.3 is 10.3 Å². The molecule has 0 unspecified atom stereocenters. The maximum Gasteiger partial charge on any atom is 0.328 e. The molecule has 5 heteroatoms. The van der Waals surface area contributed by atoms with Gasteiger partial charge >= 0.3 is 5.69 Å². The first kappa shape index (κ1) is 17.3. The summed E-state index contributed by atoms with van der Waals surface area (Å²) in [6, 6.07) is 10.5. The van der Waals surface area contributed by atoms with Crippen molar-refractivity contribution in [3.63, 3.8) is 0 Å². The van der Waals surface area contributed by atoms with E-state index in [4.69, 9.17) is 0 Å². The summed E-state index contributed by atoms with van der Waals surface area (Å²) in [7, 11) is 0. The first-order chi connectivity index (χ1) is 12.7. The molecule has 2 aromatic rings. The Hall–Kier alpha value is -2.14. The van der Waals surface area contributed by atoms with Crippen LogP contribution in [0.25, 0.3) is 0 Å². The van der Waals surface area contributed by atoms with Crippen molar-refractivity contribution in [2.24, 2.45) is 0 Å². The molecule has 0 amide bonds. The van der Waals surface area contributed by atoms with Crippen LogP contribution in [0.15, 0.2) is 39.9 Å². The maximum absolute atomic E-state index is 12.9. The number of fused-ring (bicyclic) bond motifs is 1. The molecule has 0 spiro atoms. The molecule has 26 heavy (non-hydrogen) atoms. The molecule has 1 saturated carbocycles. The molecule has 0 aliphatic heterocycles. The normalized spacial score (nSPS) is 20.2. The Morgan fingerprint density at radius 3 is 2.58 bits per heavy atom. The second-order valence-electron chi connectivity index (χ2n) is 7.57. The van der Waals surface area contributed by atoms with Gasteiger partial charge in [0.15, 0.2) is 0 Å². The minimum absolute atomic E-state index is 0.0528. The highest BCUT2D eigenvalue weighted by Gasteiger charge is 2.29. The molecule has 0 bridgehead atoms. The molecule has 1 atom stereocenters. The first-order valence-electron chi connectivity index (χ1n) is 9.89. The van der Waals surface area contributed by atoms with E-state index in [9.17, 15) is 9.59 Å². The minimum Gasteiger partial charge on any atom is -0.309 e. The van der Waals surface area contributed by atoms with E-state index in [1.54, 1.807) is 0 Å². The monoisotopic (exact) mass is 353 g/mol. The Kier molecular flexibility index (Phi) is 5.07. The fourth-order valence-electron chi connectivity index (χ4n) is 4.49. The Morgan fingerprint density at radius 2 is 1.81 bits per heavy atom. The van der Waals surface area contributed by atoms with Gasteiger partial charge in [-0.3, -0.25) is 9.36 Å². The smallest absolute Gasteiger partial charge is 0.309 e. The van der Waals surface area contributed by atoms with Crippen LogP contribution in [0.2, 0.25) is 0 Å². The van der Waals surface area contributed by atoms with Gasteiger partial charge in [0.1, 0.15) is 0 Å². The maximum atomic E-state index is 12.9. The van der Waals surface area contributed by atoms with Gasteiger partial charge in [-0.1, -0.05) is 49.6 Å². The van der Waals surface area contributed by atoms with Crippen LogP contribution >= 0.6 is 0 Å². The molecular weight excluding hydrogens is 326 g/mol. The summed E-state index contributed by atoms with van der Waals surface area (Å²) in [5.74, 6) is 0. The van der Waals surface area contributed by atoms with Crippen LogP contribution in [0.3, 0.4) is 0 Å². The average Bonchev–Trinajstić information content (AvgIpc) is 3.07. The highest BCUT2D eigenvalue weighted by atomic mass is 16.2. The largest absolute Gasteiger partial charge is 0.328 e. The van der Waals surface area contributed by atoms with E-state index in [0.717, 1.165) is 62.7 Å². The summed E-state index contributed by atoms with van der Waals surface area (Å²) < 4.78 is 1.50. The van der Waals surface area contributed by atoms with Gasteiger partial charge in [-0.25, -0.2) is 4.79 Å². The van der Waals surface area contributed by atoms with Crippen LogP contribution in [-0.2, 0) is 12.8 Å². The molecule has 4 rings (SSSR count). The predicted octanol–water partition coefficient (Wildman–Crippen LogP) is 2.86. The van der Waals surface area contributed by atoms with Crippen LogP contribution in [0.5, 0.6) is 0 Å². The summed E-state index contributed by atoms with van der Waals surface area (Å²) in [5.41, 5.74) is 2.65. The fourth-order valence-corrected chi connectivity index (χ4v) is 4.49. The zero-order valence-electron chi connectivity index (χ0n) is 15.2. The number of nitrogens with one attached hydrogen (secondary N) is 2. The van der Waals surface area contributed by atoms with Crippen molar-refractivity contribution < 1.29 is 0 Å². The number of hydrogen-bond acceptors (Lipinski definition) is 3. The summed E-state index contributed by atoms with van der Waals surface area (Å²) in [6.45, 7) is 0.835. The van der Waals surface area contributed by atoms with Gasteiger partial charge in [0.05, 0.1) is 0 Å². The molecule has 0 saturated heterocycles. The van der Waals surface area contributed by atoms with Crippen LogP contribution < -0.4 is 16.6 Å². The van der Waals surface area contributed by atoms with Crippen molar-refractivity contribution in [3.05, 3.63) is 68.0 Å². The van der Waals surface area contributed by atoms with E-state index in [-0.39, 0.29) is 23.3 Å². The first-order valence-corrected chi connectivity index (χ1v) is 9.89. The van der Waals surface area contributed by atoms with Gasteiger partial charge in [-0.05, 0) is 44.2 Å². The van der Waals surface area contributed by atoms with E-state index < -0.39 is 0 Å². The van der Waals surface area contributed by atoms with E-state index in [1.165, 1.54) is 16.6 Å². The highest BCUT2D eigenvalue weighted by molar-refractivity contribution is 5.26. The van der Waals surface area contributed by atoms with E-state index >= 15 is 0 Å². The molecule has 2 aliphatic carbocycles. The van der Waals surface area contributed by atoms with Gasteiger partial charge in [-0.15, -0.1) is 0 Å². The number of benzene rings is 1. The van der Waals surface area contributed by atoms with Gasteiger partial charge in [0.2, 0.25) is 0 Å². The van der Waals surface area contributed by atoms with Crippen LogP contribution in [0.4, 0.5) is 0 Å². The van der Waals surface area contributed by atoms with Crippen molar-refractivity contribution in [3.8, 4) is 0 Å². The topological polar surface area (TPSA) is 66.9 Å². The minimum atomic E-state index is -0.225. The number of H-pyrrole nitrogens is 1. The summed E-state index contributed by atoms with van der Waals surface area (Å²) >= 11 is 0. The molecule has 2 aliphatic rings. The van der Waals surface area contributed by atoms with Gasteiger partial charge in [0.25, 0.3) is 5.56 Å². The Balaban J connectivity index is 1.50. The third-order valence-corrected chi connectivity index (χ3v) is 5.88. The summed E-state index contributed by atoms with van der Waals surface area (Å²) in [4.78, 5) is 28.6. The third-order valence-electron chi connectivity index (χ3n) is 5.88. The Labute approximate surface area is 153 Å². The predicted molar refractivity (Wildman–Crippen MR) is 103 cm³/mol. The lowest BCUT2D eigenvalue weighted by Gasteiger charge is -2.23. The number of nitrogens with zero attached hydrogens (tertiary/aromatic N) is 1. The van der Waals surface area contributed by atoms with Gasteiger partial charge in [-0.2, -0.15) is 0 Å². The lowest BCUT2D eigenvalue weighted by molar-refractivity contribution is 0.334. The SMILES string of the molecule is O=c1[nH]c2c(c(=O)n1C1CCCCC1)CC[C@@H]2NCCc1ccccc1. The zero-order chi connectivity index (χ0) is 17.9. The second-order valence-corrected chi connectivity index (χ2v) is 7.57. The van der Waals surface area contributed by atoms with Crippen LogP contribution in [0, 0.1) is 0 Å². The van der Waals surface area contributed by atoms with Crippen LogP contribution in [-0.4, -0.2) is 16.1 Å². The number of aromatic nitrogens is 2. The molecule has 1 fully saturated rings. The molecule has 0 radical (unpaired) electrons. The zero-order valence-corrected chi connectivity index (χ0v) is 15.2. The lowest BCUT2D eigenvalue weighted by Crippen LogP contribution is -2.41. The Morgan fingerprint density at radius 1 is 1.04 bits per heavy atom. The van der Waals surface area contributed by atoms with Crippen LogP contribution in [0.1, 0.15) is 67.4 Å². The standard InChI is InChI=1S/C21H27N3O2/c25-20-17-11-12-18(22-14-13-15-7-3-1-4-8-15)19(17)23-21(26)24(20)16-9-5-2-6-10-16/h1,3-4,7-8,16,18,22H,2,5-6,9-14H2,(H,23,26)/t18-/m0/s1. The lowest BCUT2D eigenvalue weighted by atomic mass is 9.95. The van der Waals surface area contributed by atoms with Crippen molar-refractivity contribution in [2.45, 2.75) is 63.5 Å². The fraction of sp³-hybridized carbons (Fsp3) is 0.524. The van der Waals surface area contributed by atoms with Crippen molar-refractivity contribution in [1.29, 1.82) is 0 Å².